The van der Waals surface area contributed by atoms with E-state index < -0.39 is 16.7 Å². The normalized spacial score (nSPS) is 12.1. The molecule has 0 N–H and O–H groups in total. The summed E-state index contributed by atoms with van der Waals surface area (Å²) in [5.41, 5.74) is 0.810. The lowest BCUT2D eigenvalue weighted by Gasteiger charge is -2.05. The Bertz CT molecular complexity index is 320. The molecule has 0 aliphatic rings. The average Bonchev–Trinajstić information content (AvgIpc) is 2.15. The van der Waals surface area contributed by atoms with Crippen LogP contribution in [-0.2, 0) is 11.2 Å². The Labute approximate surface area is 81.7 Å². The minimum atomic E-state index is -1.11. The molecule has 1 unspecified atom stereocenters. The van der Waals surface area contributed by atoms with Crippen molar-refractivity contribution in [1.29, 1.82) is 0 Å². The zero-order chi connectivity index (χ0) is 10.6. The number of carbonyl (C=O) groups excluding carboxylic acids is 1. The first-order chi connectivity index (χ1) is 6.61. The molecule has 0 heterocycles. The van der Waals surface area contributed by atoms with Gasteiger partial charge in [-0.3, -0.25) is 14.9 Å². The predicted octanol–water partition coefficient (Wildman–Crippen LogP) is 1.46. The Kier molecular flexibility index (Phi) is 3.34. The Morgan fingerprint density at radius 2 is 2.00 bits per heavy atom. The largest absolute Gasteiger partial charge is 0.292 e. The van der Waals surface area contributed by atoms with Gasteiger partial charge in [0.05, 0.1) is 0 Å². The Balaban J connectivity index is 2.75. The van der Waals surface area contributed by atoms with Gasteiger partial charge in [-0.25, -0.2) is 0 Å². The summed E-state index contributed by atoms with van der Waals surface area (Å²) in [6, 6.07) is 7.87. The van der Waals surface area contributed by atoms with Crippen LogP contribution in [0.15, 0.2) is 30.3 Å². The summed E-state index contributed by atoms with van der Waals surface area (Å²) in [5, 5.41) is 10.5. The van der Waals surface area contributed by atoms with Crippen molar-refractivity contribution in [3.8, 4) is 0 Å². The summed E-state index contributed by atoms with van der Waals surface area (Å²) < 4.78 is 0. The number of carbonyl (C=O) groups is 1. The molecule has 1 atom stereocenters. The molecule has 0 saturated carbocycles. The van der Waals surface area contributed by atoms with E-state index in [1.165, 1.54) is 6.92 Å². The standard InChI is InChI=1S/C10H11NO3/c1-8(12)10(11(13)14)7-9-5-3-2-4-6-9/h2-6,10H,7H2,1H3. The fraction of sp³-hybridized carbons (Fsp3) is 0.300. The van der Waals surface area contributed by atoms with Crippen molar-refractivity contribution in [2.45, 2.75) is 19.4 Å². The van der Waals surface area contributed by atoms with Gasteiger partial charge in [0.1, 0.15) is 0 Å². The van der Waals surface area contributed by atoms with Crippen molar-refractivity contribution in [3.63, 3.8) is 0 Å². The number of rotatable bonds is 4. The molecule has 1 aromatic rings. The van der Waals surface area contributed by atoms with Crippen molar-refractivity contribution in [2.24, 2.45) is 0 Å². The molecule has 0 bridgehead atoms. The zero-order valence-corrected chi connectivity index (χ0v) is 7.84. The Morgan fingerprint density at radius 1 is 1.43 bits per heavy atom. The molecule has 0 aliphatic carbocycles. The molecule has 1 aromatic carbocycles. The number of nitro groups is 1. The lowest BCUT2D eigenvalue weighted by Crippen LogP contribution is -2.29. The molecule has 0 amide bonds. The molecular weight excluding hydrogens is 182 g/mol. The lowest BCUT2D eigenvalue weighted by atomic mass is 10.0. The SMILES string of the molecule is CC(=O)C(Cc1ccccc1)[N+](=O)[O-]. The first-order valence-corrected chi connectivity index (χ1v) is 4.29. The quantitative estimate of drug-likeness (QED) is 0.537. The highest BCUT2D eigenvalue weighted by molar-refractivity contribution is 5.80. The maximum atomic E-state index is 10.9. The predicted molar refractivity (Wildman–Crippen MR) is 51.6 cm³/mol. The number of benzene rings is 1. The highest BCUT2D eigenvalue weighted by Gasteiger charge is 2.25. The van der Waals surface area contributed by atoms with Crippen molar-refractivity contribution >= 4 is 5.78 Å². The second-order valence-electron chi connectivity index (χ2n) is 3.10. The van der Waals surface area contributed by atoms with E-state index in [-0.39, 0.29) is 6.42 Å². The first-order valence-electron chi connectivity index (χ1n) is 4.29. The third-order valence-electron chi connectivity index (χ3n) is 2.00. The maximum Gasteiger partial charge on any atom is 0.273 e. The average molecular weight is 193 g/mol. The van der Waals surface area contributed by atoms with Gasteiger partial charge in [-0.1, -0.05) is 30.3 Å². The van der Waals surface area contributed by atoms with Crippen LogP contribution in [0.2, 0.25) is 0 Å². The van der Waals surface area contributed by atoms with Gasteiger partial charge < -0.3 is 0 Å². The molecule has 4 nitrogen and oxygen atoms in total. The van der Waals surface area contributed by atoms with E-state index in [1.807, 2.05) is 6.07 Å². The van der Waals surface area contributed by atoms with Crippen molar-refractivity contribution in [3.05, 3.63) is 46.0 Å². The van der Waals surface area contributed by atoms with Gasteiger partial charge >= 0.3 is 0 Å². The molecule has 0 saturated heterocycles. The van der Waals surface area contributed by atoms with E-state index in [1.54, 1.807) is 24.3 Å². The fourth-order valence-electron chi connectivity index (χ4n) is 1.20. The van der Waals surface area contributed by atoms with Crippen molar-refractivity contribution < 1.29 is 9.72 Å². The smallest absolute Gasteiger partial charge is 0.273 e. The van der Waals surface area contributed by atoms with Gasteiger partial charge in [0, 0.05) is 18.3 Å². The van der Waals surface area contributed by atoms with E-state index >= 15 is 0 Å². The van der Waals surface area contributed by atoms with Crippen molar-refractivity contribution in [2.75, 3.05) is 0 Å². The topological polar surface area (TPSA) is 60.2 Å². The lowest BCUT2D eigenvalue weighted by molar-refractivity contribution is -0.506. The van der Waals surface area contributed by atoms with Crippen LogP contribution in [-0.4, -0.2) is 16.7 Å². The fourth-order valence-corrected chi connectivity index (χ4v) is 1.20. The Morgan fingerprint density at radius 3 is 2.43 bits per heavy atom. The van der Waals surface area contributed by atoms with Gasteiger partial charge in [0.2, 0.25) is 5.78 Å². The maximum absolute atomic E-state index is 10.9. The molecule has 74 valence electrons. The van der Waals surface area contributed by atoms with Crippen LogP contribution in [0.25, 0.3) is 0 Å². The number of Topliss-reactive ketones (excluding diaryl/α,β-unsaturated/α-hetero) is 1. The van der Waals surface area contributed by atoms with Gasteiger partial charge in [0.25, 0.3) is 6.04 Å². The number of ketones is 1. The summed E-state index contributed by atoms with van der Waals surface area (Å²) in [4.78, 5) is 20.9. The number of hydrogen-bond donors (Lipinski definition) is 0. The molecule has 0 aromatic heterocycles. The van der Waals surface area contributed by atoms with E-state index in [2.05, 4.69) is 0 Å². The zero-order valence-electron chi connectivity index (χ0n) is 7.84. The van der Waals surface area contributed by atoms with Crippen LogP contribution in [0, 0.1) is 10.1 Å². The van der Waals surface area contributed by atoms with Crippen LogP contribution in [0.1, 0.15) is 12.5 Å². The summed E-state index contributed by atoms with van der Waals surface area (Å²) >= 11 is 0. The van der Waals surface area contributed by atoms with Crippen molar-refractivity contribution in [1.82, 2.24) is 0 Å². The molecule has 1 rings (SSSR count). The first kappa shape index (κ1) is 10.4. The van der Waals surface area contributed by atoms with Crippen LogP contribution in [0.3, 0.4) is 0 Å². The van der Waals surface area contributed by atoms with Crippen LogP contribution >= 0.6 is 0 Å². The minimum absolute atomic E-state index is 0.170. The Hall–Kier alpha value is -1.71. The minimum Gasteiger partial charge on any atom is -0.292 e. The van der Waals surface area contributed by atoms with Gasteiger partial charge in [-0.05, 0) is 5.56 Å². The highest BCUT2D eigenvalue weighted by Crippen LogP contribution is 2.05. The molecule has 14 heavy (non-hydrogen) atoms. The van der Waals surface area contributed by atoms with E-state index in [0.29, 0.717) is 0 Å². The van der Waals surface area contributed by atoms with Crippen LogP contribution in [0.4, 0.5) is 0 Å². The number of hydrogen-bond acceptors (Lipinski definition) is 3. The summed E-state index contributed by atoms with van der Waals surface area (Å²) in [5.74, 6) is -0.404. The second-order valence-corrected chi connectivity index (χ2v) is 3.10. The molecule has 0 radical (unpaired) electrons. The monoisotopic (exact) mass is 193 g/mol. The van der Waals surface area contributed by atoms with Gasteiger partial charge in [0.15, 0.2) is 0 Å². The summed E-state index contributed by atoms with van der Waals surface area (Å²) in [7, 11) is 0. The van der Waals surface area contributed by atoms with E-state index in [4.69, 9.17) is 0 Å². The molecule has 0 fully saturated rings. The third kappa shape index (κ3) is 2.65. The van der Waals surface area contributed by atoms with Crippen LogP contribution < -0.4 is 0 Å². The second kappa shape index (κ2) is 4.50. The summed E-state index contributed by atoms with van der Waals surface area (Å²) in [6.07, 6.45) is 0.170. The van der Waals surface area contributed by atoms with Gasteiger partial charge in [-0.2, -0.15) is 0 Å². The van der Waals surface area contributed by atoms with E-state index in [0.717, 1.165) is 5.56 Å². The molecule has 0 spiro atoms. The number of nitrogens with zero attached hydrogens (tertiary/aromatic N) is 1. The molecule has 0 aliphatic heterocycles. The summed E-state index contributed by atoms with van der Waals surface area (Å²) in [6.45, 7) is 1.25. The highest BCUT2D eigenvalue weighted by atomic mass is 16.6. The third-order valence-corrected chi connectivity index (χ3v) is 2.00. The van der Waals surface area contributed by atoms with E-state index in [9.17, 15) is 14.9 Å². The van der Waals surface area contributed by atoms with Crippen LogP contribution in [0.5, 0.6) is 0 Å². The molecule has 4 heteroatoms. The van der Waals surface area contributed by atoms with Gasteiger partial charge in [-0.15, -0.1) is 0 Å². The molecular formula is C10H11NO3.